The predicted octanol–water partition coefficient (Wildman–Crippen LogP) is 3.96. The summed E-state index contributed by atoms with van der Waals surface area (Å²) in [6.45, 7) is 2.94. The Bertz CT molecular complexity index is 889. The number of amides is 1. The van der Waals surface area contributed by atoms with Gasteiger partial charge in [-0.1, -0.05) is 19.8 Å². The number of nitro benzene ring substituents is 1. The Morgan fingerprint density at radius 3 is 2.81 bits per heavy atom. The van der Waals surface area contributed by atoms with E-state index >= 15 is 0 Å². The molecule has 1 aliphatic carbocycles. The van der Waals surface area contributed by atoms with Crippen LogP contribution in [-0.2, 0) is 11.3 Å². The Morgan fingerprint density at radius 1 is 1.32 bits per heavy atom. The van der Waals surface area contributed by atoms with Gasteiger partial charge in [0.05, 0.1) is 42.0 Å². The van der Waals surface area contributed by atoms with Gasteiger partial charge in [-0.25, -0.2) is 4.98 Å². The lowest BCUT2D eigenvalue weighted by atomic mass is 9.88. The lowest BCUT2D eigenvalue weighted by Gasteiger charge is -2.28. The van der Waals surface area contributed by atoms with Crippen LogP contribution in [0.2, 0.25) is 0 Å². The van der Waals surface area contributed by atoms with E-state index in [1.165, 1.54) is 37.0 Å². The largest absolute Gasteiger partial charge is 0.493 e. The minimum atomic E-state index is -0.607. The molecule has 2 atom stereocenters. The van der Waals surface area contributed by atoms with Crippen LogP contribution in [0.1, 0.15) is 48.7 Å². The van der Waals surface area contributed by atoms with Crippen molar-refractivity contribution in [1.82, 2.24) is 10.3 Å². The molecule has 31 heavy (non-hydrogen) atoms. The van der Waals surface area contributed by atoms with Crippen LogP contribution in [0.3, 0.4) is 0 Å². The number of carbonyl (C=O) groups excluding carboxylic acids is 1. The molecule has 1 N–H and O–H groups in total. The molecule has 1 aromatic carbocycles. The average Bonchev–Trinajstić information content (AvgIpc) is 3.29. The first-order chi connectivity index (χ1) is 15.0. The first-order valence-electron chi connectivity index (χ1n) is 10.3. The SMILES string of the molecule is COc1cc(C(=O)NCCOC2CCCCC2C)c([N+](=O)[O-])cc1OCc1cscn1. The smallest absolute Gasteiger partial charge is 0.286 e. The number of nitro groups is 1. The molecule has 0 spiro atoms. The topological polar surface area (TPSA) is 113 Å². The van der Waals surface area contributed by atoms with Crippen molar-refractivity contribution in [3.8, 4) is 11.5 Å². The van der Waals surface area contributed by atoms with E-state index in [0.29, 0.717) is 18.2 Å². The number of carbonyl (C=O) groups is 1. The average molecular weight is 450 g/mol. The standard InChI is InChI=1S/C21H27N3O6S/c1-14-5-3-4-6-18(14)29-8-7-22-21(25)16-9-19(28-2)20(10-17(16)24(26)27)30-11-15-12-31-13-23-15/h9-10,12-14,18H,3-8,11H2,1-2H3,(H,22,25). The second-order valence-electron chi connectivity index (χ2n) is 7.47. The third kappa shape index (κ3) is 6.14. The summed E-state index contributed by atoms with van der Waals surface area (Å²) in [6, 6.07) is 2.54. The van der Waals surface area contributed by atoms with Crippen LogP contribution in [0.4, 0.5) is 5.69 Å². The number of methoxy groups -OCH3 is 1. The van der Waals surface area contributed by atoms with Crippen molar-refractivity contribution in [2.45, 2.75) is 45.3 Å². The summed E-state index contributed by atoms with van der Waals surface area (Å²) in [5, 5.41) is 16.1. The van der Waals surface area contributed by atoms with Crippen molar-refractivity contribution in [2.24, 2.45) is 5.92 Å². The zero-order valence-electron chi connectivity index (χ0n) is 17.7. The molecule has 1 fully saturated rings. The molecule has 0 saturated heterocycles. The fraction of sp³-hybridized carbons (Fsp3) is 0.524. The van der Waals surface area contributed by atoms with Crippen LogP contribution in [0, 0.1) is 16.0 Å². The molecule has 10 heteroatoms. The number of aromatic nitrogens is 1. The summed E-state index contributed by atoms with van der Waals surface area (Å²) >= 11 is 1.42. The first-order valence-corrected chi connectivity index (χ1v) is 11.2. The van der Waals surface area contributed by atoms with Gasteiger partial charge in [-0.3, -0.25) is 14.9 Å². The van der Waals surface area contributed by atoms with Crippen molar-refractivity contribution in [2.75, 3.05) is 20.3 Å². The van der Waals surface area contributed by atoms with Crippen molar-refractivity contribution in [3.63, 3.8) is 0 Å². The van der Waals surface area contributed by atoms with Gasteiger partial charge >= 0.3 is 0 Å². The summed E-state index contributed by atoms with van der Waals surface area (Å²) in [7, 11) is 1.41. The second-order valence-corrected chi connectivity index (χ2v) is 8.19. The molecule has 2 unspecified atom stereocenters. The summed E-state index contributed by atoms with van der Waals surface area (Å²) in [6.07, 6.45) is 4.77. The number of hydrogen-bond donors (Lipinski definition) is 1. The first kappa shape index (κ1) is 23.0. The van der Waals surface area contributed by atoms with E-state index < -0.39 is 10.8 Å². The molecule has 9 nitrogen and oxygen atoms in total. The van der Waals surface area contributed by atoms with Gasteiger partial charge in [0.15, 0.2) is 11.5 Å². The summed E-state index contributed by atoms with van der Waals surface area (Å²) in [5.74, 6) is 0.356. The normalized spacial score (nSPS) is 18.4. The van der Waals surface area contributed by atoms with Gasteiger partial charge in [0.25, 0.3) is 11.6 Å². The van der Waals surface area contributed by atoms with Crippen LogP contribution in [0.25, 0.3) is 0 Å². The molecule has 2 aromatic rings. The molecule has 0 radical (unpaired) electrons. The highest BCUT2D eigenvalue weighted by atomic mass is 32.1. The molecule has 3 rings (SSSR count). The van der Waals surface area contributed by atoms with Gasteiger partial charge < -0.3 is 19.5 Å². The van der Waals surface area contributed by atoms with Gasteiger partial charge in [0.2, 0.25) is 0 Å². The van der Waals surface area contributed by atoms with E-state index in [1.54, 1.807) is 5.51 Å². The summed E-state index contributed by atoms with van der Waals surface area (Å²) in [4.78, 5) is 27.7. The monoisotopic (exact) mass is 449 g/mol. The third-order valence-electron chi connectivity index (χ3n) is 5.33. The minimum absolute atomic E-state index is 0.0890. The van der Waals surface area contributed by atoms with Crippen molar-refractivity contribution in [1.29, 1.82) is 0 Å². The van der Waals surface area contributed by atoms with E-state index in [4.69, 9.17) is 14.2 Å². The number of benzene rings is 1. The van der Waals surface area contributed by atoms with Gasteiger partial charge in [-0.15, -0.1) is 11.3 Å². The van der Waals surface area contributed by atoms with Crippen LogP contribution in [-0.4, -0.2) is 42.2 Å². The number of ether oxygens (including phenoxy) is 3. The van der Waals surface area contributed by atoms with E-state index in [1.807, 2.05) is 5.38 Å². The highest BCUT2D eigenvalue weighted by Gasteiger charge is 2.25. The van der Waals surface area contributed by atoms with E-state index in [2.05, 4.69) is 17.2 Å². The van der Waals surface area contributed by atoms with E-state index in [9.17, 15) is 14.9 Å². The second kappa shape index (κ2) is 11.1. The Morgan fingerprint density at radius 2 is 2.13 bits per heavy atom. The van der Waals surface area contributed by atoms with E-state index in [0.717, 1.165) is 19.3 Å². The Kier molecular flexibility index (Phi) is 8.19. The molecule has 1 saturated carbocycles. The maximum atomic E-state index is 12.6. The predicted molar refractivity (Wildman–Crippen MR) is 116 cm³/mol. The fourth-order valence-electron chi connectivity index (χ4n) is 3.61. The highest BCUT2D eigenvalue weighted by Crippen LogP contribution is 2.35. The molecule has 0 aliphatic heterocycles. The fourth-order valence-corrected chi connectivity index (χ4v) is 4.16. The van der Waals surface area contributed by atoms with Crippen molar-refractivity contribution >= 4 is 22.9 Å². The van der Waals surface area contributed by atoms with E-state index in [-0.39, 0.29) is 42.0 Å². The maximum absolute atomic E-state index is 12.6. The molecular weight excluding hydrogens is 422 g/mol. The number of nitrogens with zero attached hydrogens (tertiary/aromatic N) is 2. The van der Waals surface area contributed by atoms with Crippen LogP contribution >= 0.6 is 11.3 Å². The number of hydrogen-bond acceptors (Lipinski definition) is 8. The molecule has 168 valence electrons. The lowest BCUT2D eigenvalue weighted by Crippen LogP contribution is -2.32. The molecule has 1 heterocycles. The minimum Gasteiger partial charge on any atom is -0.493 e. The Balaban J connectivity index is 1.64. The number of thiazole rings is 1. The Labute approximate surface area is 184 Å². The van der Waals surface area contributed by atoms with Crippen LogP contribution in [0.15, 0.2) is 23.0 Å². The van der Waals surface area contributed by atoms with Crippen LogP contribution in [0.5, 0.6) is 11.5 Å². The number of rotatable bonds is 10. The Hall–Kier alpha value is -2.72. The lowest BCUT2D eigenvalue weighted by molar-refractivity contribution is -0.385. The summed E-state index contributed by atoms with van der Waals surface area (Å²) < 4.78 is 16.8. The zero-order valence-corrected chi connectivity index (χ0v) is 18.5. The van der Waals surface area contributed by atoms with Crippen LogP contribution < -0.4 is 14.8 Å². The summed E-state index contributed by atoms with van der Waals surface area (Å²) in [5.41, 5.74) is 1.93. The highest BCUT2D eigenvalue weighted by molar-refractivity contribution is 7.07. The maximum Gasteiger partial charge on any atom is 0.286 e. The van der Waals surface area contributed by atoms with Crippen molar-refractivity contribution < 1.29 is 23.9 Å². The third-order valence-corrected chi connectivity index (χ3v) is 5.97. The number of nitrogens with one attached hydrogen (secondary N) is 1. The quantitative estimate of drug-likeness (QED) is 0.332. The molecule has 1 aromatic heterocycles. The molecular formula is C21H27N3O6S. The van der Waals surface area contributed by atoms with Crippen molar-refractivity contribution in [3.05, 3.63) is 44.4 Å². The molecule has 0 bridgehead atoms. The van der Waals surface area contributed by atoms with Gasteiger partial charge in [-0.05, 0) is 18.8 Å². The van der Waals surface area contributed by atoms with Gasteiger partial charge in [-0.2, -0.15) is 0 Å². The van der Waals surface area contributed by atoms with Gasteiger partial charge in [0.1, 0.15) is 12.2 Å². The zero-order chi connectivity index (χ0) is 22.2. The molecule has 1 aliphatic rings. The molecule has 1 amide bonds. The van der Waals surface area contributed by atoms with Gasteiger partial charge in [0, 0.05) is 18.0 Å².